The van der Waals surface area contributed by atoms with E-state index in [1.54, 1.807) is 7.11 Å². The Kier molecular flexibility index (Phi) is 6.05. The normalized spacial score (nSPS) is 16.0. The molecule has 0 atom stereocenters. The second-order valence-corrected chi connectivity index (χ2v) is 5.33. The Morgan fingerprint density at radius 3 is 2.65 bits per heavy atom. The monoisotopic (exact) mass is 278 g/mol. The summed E-state index contributed by atoms with van der Waals surface area (Å²) in [6, 6.07) is 2.07. The number of nitrogens with one attached hydrogen (secondary N) is 1. The molecule has 0 unspecified atom stereocenters. The number of hydrogen-bond acceptors (Lipinski definition) is 5. The van der Waals surface area contributed by atoms with Gasteiger partial charge in [0, 0.05) is 39.4 Å². The Balaban J connectivity index is 1.99. The molecular weight excluding hydrogens is 252 g/mol. The molecule has 5 heteroatoms. The summed E-state index contributed by atoms with van der Waals surface area (Å²) in [5, 5.41) is 3.36. The summed E-state index contributed by atoms with van der Waals surface area (Å²) in [5.74, 6) is 2.82. The molecule has 0 amide bonds. The molecule has 5 nitrogen and oxygen atoms in total. The molecule has 0 saturated carbocycles. The van der Waals surface area contributed by atoms with Crippen LogP contribution in [0.3, 0.4) is 0 Å². The topological polar surface area (TPSA) is 50.3 Å². The van der Waals surface area contributed by atoms with Gasteiger partial charge in [0.05, 0.1) is 0 Å². The van der Waals surface area contributed by atoms with Gasteiger partial charge in [0.25, 0.3) is 0 Å². The molecule has 0 aromatic carbocycles. The molecule has 1 N–H and O–H groups in total. The summed E-state index contributed by atoms with van der Waals surface area (Å²) < 4.78 is 5.06. The second-order valence-electron chi connectivity index (χ2n) is 5.33. The summed E-state index contributed by atoms with van der Waals surface area (Å²) in [5.41, 5.74) is 0. The zero-order chi connectivity index (χ0) is 14.2. The summed E-state index contributed by atoms with van der Waals surface area (Å²) in [7, 11) is 1.73. The first-order valence-electron chi connectivity index (χ1n) is 7.63. The predicted molar refractivity (Wildman–Crippen MR) is 82.4 cm³/mol. The fourth-order valence-electron chi connectivity index (χ4n) is 2.54. The van der Waals surface area contributed by atoms with Crippen molar-refractivity contribution < 1.29 is 4.74 Å². The molecule has 1 aliphatic heterocycles. The van der Waals surface area contributed by atoms with E-state index in [2.05, 4.69) is 26.3 Å². The number of aryl methyl sites for hydroxylation is 1. The number of methoxy groups -OCH3 is 1. The smallest absolute Gasteiger partial charge is 0.134 e. The van der Waals surface area contributed by atoms with Gasteiger partial charge in [-0.1, -0.05) is 12.8 Å². The third kappa shape index (κ3) is 4.63. The average Bonchev–Trinajstić information content (AvgIpc) is 2.72. The minimum absolute atomic E-state index is 0.774. The largest absolute Gasteiger partial charge is 0.385 e. The molecule has 20 heavy (non-hydrogen) atoms. The Morgan fingerprint density at radius 1 is 1.20 bits per heavy atom. The minimum atomic E-state index is 0.774. The van der Waals surface area contributed by atoms with Crippen LogP contribution < -0.4 is 10.2 Å². The van der Waals surface area contributed by atoms with Crippen molar-refractivity contribution in [2.45, 2.75) is 39.0 Å². The molecular formula is C15H26N4O. The Morgan fingerprint density at radius 2 is 1.95 bits per heavy atom. The second kappa shape index (κ2) is 8.04. The van der Waals surface area contributed by atoms with E-state index in [1.807, 2.05) is 6.92 Å². The van der Waals surface area contributed by atoms with Crippen LogP contribution in [-0.2, 0) is 4.74 Å². The van der Waals surface area contributed by atoms with Crippen LogP contribution in [0.4, 0.5) is 11.6 Å². The molecule has 2 heterocycles. The first kappa shape index (κ1) is 15.0. The zero-order valence-electron chi connectivity index (χ0n) is 12.7. The molecule has 0 aliphatic carbocycles. The number of nitrogens with zero attached hydrogens (tertiary/aromatic N) is 3. The van der Waals surface area contributed by atoms with Gasteiger partial charge in [-0.05, 0) is 26.2 Å². The standard InChI is InChI=1S/C15H26N4O/c1-13-17-14(16-8-7-11-20-2)12-15(18-13)19-9-5-3-4-6-10-19/h12H,3-11H2,1-2H3,(H,16,17,18). The van der Waals surface area contributed by atoms with Crippen molar-refractivity contribution in [3.05, 3.63) is 11.9 Å². The molecule has 2 rings (SSSR count). The van der Waals surface area contributed by atoms with E-state index in [4.69, 9.17) is 4.74 Å². The van der Waals surface area contributed by atoms with Crippen molar-refractivity contribution in [3.8, 4) is 0 Å². The Hall–Kier alpha value is -1.36. The van der Waals surface area contributed by atoms with E-state index in [9.17, 15) is 0 Å². The van der Waals surface area contributed by atoms with Crippen LogP contribution in [0, 0.1) is 6.92 Å². The van der Waals surface area contributed by atoms with Crippen LogP contribution in [0.25, 0.3) is 0 Å². The first-order chi connectivity index (χ1) is 9.79. The lowest BCUT2D eigenvalue weighted by atomic mass is 10.2. The number of anilines is 2. The summed E-state index contributed by atoms with van der Waals surface area (Å²) in [4.78, 5) is 11.4. The van der Waals surface area contributed by atoms with Gasteiger partial charge in [0.1, 0.15) is 17.5 Å². The highest BCUT2D eigenvalue weighted by Crippen LogP contribution is 2.20. The molecule has 1 fully saturated rings. The van der Waals surface area contributed by atoms with Crippen molar-refractivity contribution in [3.63, 3.8) is 0 Å². The van der Waals surface area contributed by atoms with E-state index in [0.717, 1.165) is 50.1 Å². The van der Waals surface area contributed by atoms with E-state index >= 15 is 0 Å². The fraction of sp³-hybridized carbons (Fsp3) is 0.733. The van der Waals surface area contributed by atoms with Crippen molar-refractivity contribution >= 4 is 11.6 Å². The molecule has 1 aliphatic rings. The summed E-state index contributed by atoms with van der Waals surface area (Å²) in [6.45, 7) is 5.83. The summed E-state index contributed by atoms with van der Waals surface area (Å²) >= 11 is 0. The van der Waals surface area contributed by atoms with Gasteiger partial charge in [0.2, 0.25) is 0 Å². The molecule has 0 radical (unpaired) electrons. The third-order valence-corrected chi connectivity index (χ3v) is 3.59. The van der Waals surface area contributed by atoms with E-state index in [1.165, 1.54) is 25.7 Å². The number of aromatic nitrogens is 2. The Bertz CT molecular complexity index is 403. The first-order valence-corrected chi connectivity index (χ1v) is 7.63. The zero-order valence-corrected chi connectivity index (χ0v) is 12.7. The van der Waals surface area contributed by atoms with Gasteiger partial charge < -0.3 is 15.0 Å². The highest BCUT2D eigenvalue weighted by Gasteiger charge is 2.12. The maximum atomic E-state index is 5.06. The van der Waals surface area contributed by atoms with Gasteiger partial charge in [-0.2, -0.15) is 0 Å². The third-order valence-electron chi connectivity index (χ3n) is 3.59. The number of hydrogen-bond donors (Lipinski definition) is 1. The van der Waals surface area contributed by atoms with E-state index < -0.39 is 0 Å². The van der Waals surface area contributed by atoms with Crippen molar-refractivity contribution in [2.75, 3.05) is 43.6 Å². The molecule has 1 saturated heterocycles. The van der Waals surface area contributed by atoms with E-state index in [-0.39, 0.29) is 0 Å². The van der Waals surface area contributed by atoms with Crippen molar-refractivity contribution in [1.29, 1.82) is 0 Å². The highest BCUT2D eigenvalue weighted by atomic mass is 16.5. The van der Waals surface area contributed by atoms with Crippen LogP contribution in [0.5, 0.6) is 0 Å². The lowest BCUT2D eigenvalue weighted by Crippen LogP contribution is -2.25. The van der Waals surface area contributed by atoms with Gasteiger partial charge >= 0.3 is 0 Å². The minimum Gasteiger partial charge on any atom is -0.385 e. The molecule has 0 bridgehead atoms. The van der Waals surface area contributed by atoms with Gasteiger partial charge in [0.15, 0.2) is 0 Å². The quantitative estimate of drug-likeness (QED) is 0.811. The lowest BCUT2D eigenvalue weighted by molar-refractivity contribution is 0.198. The average molecular weight is 278 g/mol. The van der Waals surface area contributed by atoms with Crippen LogP contribution in [0.1, 0.15) is 37.9 Å². The predicted octanol–water partition coefficient (Wildman–Crippen LogP) is 2.61. The van der Waals surface area contributed by atoms with Crippen LogP contribution in [-0.4, -0.2) is 43.3 Å². The van der Waals surface area contributed by atoms with Gasteiger partial charge in [-0.3, -0.25) is 0 Å². The van der Waals surface area contributed by atoms with Crippen molar-refractivity contribution in [1.82, 2.24) is 9.97 Å². The molecule has 1 aromatic heterocycles. The number of rotatable bonds is 6. The number of ether oxygens (including phenoxy) is 1. The molecule has 0 spiro atoms. The maximum absolute atomic E-state index is 5.06. The van der Waals surface area contributed by atoms with Crippen LogP contribution in [0.2, 0.25) is 0 Å². The highest BCUT2D eigenvalue weighted by molar-refractivity contribution is 5.49. The van der Waals surface area contributed by atoms with Crippen LogP contribution in [0.15, 0.2) is 6.07 Å². The fourth-order valence-corrected chi connectivity index (χ4v) is 2.54. The van der Waals surface area contributed by atoms with Crippen LogP contribution >= 0.6 is 0 Å². The SMILES string of the molecule is COCCCNc1cc(N2CCCCCC2)nc(C)n1. The molecule has 112 valence electrons. The van der Waals surface area contributed by atoms with Crippen molar-refractivity contribution in [2.24, 2.45) is 0 Å². The molecule has 1 aromatic rings. The Labute approximate surface area is 121 Å². The van der Waals surface area contributed by atoms with Gasteiger partial charge in [-0.15, -0.1) is 0 Å². The lowest BCUT2D eigenvalue weighted by Gasteiger charge is -2.22. The summed E-state index contributed by atoms with van der Waals surface area (Å²) in [6.07, 6.45) is 6.18. The maximum Gasteiger partial charge on any atom is 0.134 e. The van der Waals surface area contributed by atoms with E-state index in [0.29, 0.717) is 0 Å². The van der Waals surface area contributed by atoms with Gasteiger partial charge in [-0.25, -0.2) is 9.97 Å².